The maximum Gasteiger partial charge on any atom is 0.436 e. The molecular formula is C13H9ClF3N5O. The molecule has 10 heteroatoms. The van der Waals surface area contributed by atoms with Crippen LogP contribution in [0.1, 0.15) is 11.3 Å². The van der Waals surface area contributed by atoms with Gasteiger partial charge in [0.1, 0.15) is 0 Å². The van der Waals surface area contributed by atoms with E-state index in [2.05, 4.69) is 20.6 Å². The van der Waals surface area contributed by atoms with E-state index in [-0.39, 0.29) is 16.3 Å². The lowest BCUT2D eigenvalue weighted by atomic mass is 10.0. The number of alkyl halides is 3. The molecule has 0 spiro atoms. The topological polar surface area (TPSA) is 75.3 Å². The predicted molar refractivity (Wildman–Crippen MR) is 76.0 cm³/mol. The molecule has 1 aliphatic heterocycles. The summed E-state index contributed by atoms with van der Waals surface area (Å²) in [6.45, 7) is 0. The number of nitrogens with one attached hydrogen (secondary N) is 1. The van der Waals surface area contributed by atoms with Crippen molar-refractivity contribution in [1.82, 2.24) is 20.3 Å². The van der Waals surface area contributed by atoms with Crippen LogP contribution in [-0.4, -0.2) is 26.4 Å². The van der Waals surface area contributed by atoms with Gasteiger partial charge in [-0.2, -0.15) is 13.2 Å². The van der Waals surface area contributed by atoms with Crippen molar-refractivity contribution < 1.29 is 18.3 Å². The van der Waals surface area contributed by atoms with Crippen LogP contribution in [0, 0.1) is 0 Å². The molecule has 0 radical (unpaired) electrons. The fourth-order valence-corrected chi connectivity index (χ4v) is 2.23. The van der Waals surface area contributed by atoms with Crippen LogP contribution in [0.2, 0.25) is 5.02 Å². The SMILES string of the molecule is OC1(c2cc(Cl)ccc2-n2cc(C(F)(F)F)nn2)C=CNC=N1. The van der Waals surface area contributed by atoms with Crippen LogP contribution >= 0.6 is 11.6 Å². The second-order valence-electron chi connectivity index (χ2n) is 4.69. The second kappa shape index (κ2) is 5.36. The van der Waals surface area contributed by atoms with E-state index >= 15 is 0 Å². The highest BCUT2D eigenvalue weighted by molar-refractivity contribution is 6.30. The molecule has 3 rings (SSSR count). The maximum absolute atomic E-state index is 12.7. The molecule has 0 bridgehead atoms. The summed E-state index contributed by atoms with van der Waals surface area (Å²) < 4.78 is 39.0. The first-order chi connectivity index (χ1) is 10.8. The highest BCUT2D eigenvalue weighted by atomic mass is 35.5. The minimum atomic E-state index is -4.62. The number of aliphatic imine (C=N–C) groups is 1. The fourth-order valence-electron chi connectivity index (χ4n) is 2.06. The van der Waals surface area contributed by atoms with Gasteiger partial charge in [0.2, 0.25) is 5.72 Å². The standard InChI is InChI=1S/C13H9ClF3N5O/c14-8-1-2-10(22-6-11(20-21-22)13(15,16)17)9(5-8)12(23)3-4-18-7-19-12/h1-7,23H,(H,18,19). The third-order valence-corrected chi connectivity index (χ3v) is 3.37. The van der Waals surface area contributed by atoms with Gasteiger partial charge < -0.3 is 10.4 Å². The first kappa shape index (κ1) is 15.5. The lowest BCUT2D eigenvalue weighted by Gasteiger charge is -2.25. The Bertz CT molecular complexity index is 787. The number of aliphatic hydroxyl groups is 1. The number of benzene rings is 1. The van der Waals surface area contributed by atoms with E-state index in [4.69, 9.17) is 11.6 Å². The molecule has 0 amide bonds. The Labute approximate surface area is 132 Å². The smallest absolute Gasteiger partial charge is 0.362 e. The zero-order valence-corrected chi connectivity index (χ0v) is 12.0. The molecule has 1 unspecified atom stereocenters. The van der Waals surface area contributed by atoms with Gasteiger partial charge in [0, 0.05) is 16.8 Å². The molecular weight excluding hydrogens is 335 g/mol. The Morgan fingerprint density at radius 2 is 2.09 bits per heavy atom. The Morgan fingerprint density at radius 3 is 2.70 bits per heavy atom. The minimum Gasteiger partial charge on any atom is -0.362 e. The Balaban J connectivity index is 2.14. The molecule has 2 aromatic rings. The molecule has 0 fully saturated rings. The fraction of sp³-hybridized carbons (Fsp3) is 0.154. The summed E-state index contributed by atoms with van der Waals surface area (Å²) >= 11 is 5.94. The predicted octanol–water partition coefficient (Wildman–Crippen LogP) is 2.23. The number of rotatable bonds is 2. The van der Waals surface area contributed by atoms with E-state index in [0.29, 0.717) is 0 Å². The molecule has 1 aliphatic rings. The van der Waals surface area contributed by atoms with Crippen LogP contribution in [0.5, 0.6) is 0 Å². The lowest BCUT2D eigenvalue weighted by molar-refractivity contribution is -0.141. The van der Waals surface area contributed by atoms with Crippen molar-refractivity contribution in [3.8, 4) is 5.69 Å². The zero-order chi connectivity index (χ0) is 16.7. The average molecular weight is 344 g/mol. The second-order valence-corrected chi connectivity index (χ2v) is 5.13. The third-order valence-electron chi connectivity index (χ3n) is 3.13. The van der Waals surface area contributed by atoms with Gasteiger partial charge in [0.25, 0.3) is 0 Å². The van der Waals surface area contributed by atoms with E-state index in [1.165, 1.54) is 36.8 Å². The highest BCUT2D eigenvalue weighted by Crippen LogP contribution is 2.33. The largest absolute Gasteiger partial charge is 0.436 e. The van der Waals surface area contributed by atoms with E-state index in [1.54, 1.807) is 0 Å². The van der Waals surface area contributed by atoms with Crippen LogP contribution < -0.4 is 5.32 Å². The van der Waals surface area contributed by atoms with Gasteiger partial charge in [-0.15, -0.1) is 5.10 Å². The number of halogens is 4. The zero-order valence-electron chi connectivity index (χ0n) is 11.3. The molecule has 0 saturated carbocycles. The van der Waals surface area contributed by atoms with Crippen molar-refractivity contribution >= 4 is 17.9 Å². The number of aromatic nitrogens is 3. The summed E-state index contributed by atoms with van der Waals surface area (Å²) in [5, 5.41) is 20.1. The Kier molecular flexibility index (Phi) is 3.61. The lowest BCUT2D eigenvalue weighted by Crippen LogP contribution is -2.27. The van der Waals surface area contributed by atoms with Gasteiger partial charge in [0.15, 0.2) is 5.69 Å². The molecule has 23 heavy (non-hydrogen) atoms. The van der Waals surface area contributed by atoms with Crippen LogP contribution in [0.4, 0.5) is 13.2 Å². The van der Waals surface area contributed by atoms with Crippen LogP contribution in [0.3, 0.4) is 0 Å². The minimum absolute atomic E-state index is 0.164. The maximum atomic E-state index is 12.7. The van der Waals surface area contributed by atoms with Gasteiger partial charge in [-0.1, -0.05) is 16.8 Å². The number of hydrogen-bond acceptors (Lipinski definition) is 5. The van der Waals surface area contributed by atoms with Crippen LogP contribution in [0.15, 0.2) is 41.7 Å². The van der Waals surface area contributed by atoms with Gasteiger partial charge >= 0.3 is 6.18 Å². The summed E-state index contributed by atoms with van der Waals surface area (Å²) in [5.41, 5.74) is -2.59. The van der Waals surface area contributed by atoms with E-state index in [0.717, 1.165) is 10.9 Å². The molecule has 0 saturated heterocycles. The van der Waals surface area contributed by atoms with Crippen LogP contribution in [-0.2, 0) is 11.9 Å². The average Bonchev–Trinajstić information content (AvgIpc) is 2.98. The third kappa shape index (κ3) is 2.92. The van der Waals surface area contributed by atoms with Crippen molar-refractivity contribution in [2.24, 2.45) is 4.99 Å². The Hall–Kier alpha value is -2.39. The molecule has 1 aromatic heterocycles. The van der Waals surface area contributed by atoms with E-state index in [1.807, 2.05) is 0 Å². The summed E-state index contributed by atoms with van der Waals surface area (Å²) in [4.78, 5) is 3.90. The van der Waals surface area contributed by atoms with Crippen molar-refractivity contribution in [3.05, 3.63) is 53.0 Å². The summed E-state index contributed by atoms with van der Waals surface area (Å²) in [7, 11) is 0. The number of hydrogen-bond donors (Lipinski definition) is 2. The molecule has 120 valence electrons. The van der Waals surface area contributed by atoms with Crippen molar-refractivity contribution in [3.63, 3.8) is 0 Å². The van der Waals surface area contributed by atoms with Gasteiger partial charge in [-0.3, -0.25) is 0 Å². The van der Waals surface area contributed by atoms with Crippen molar-refractivity contribution in [2.75, 3.05) is 0 Å². The monoisotopic (exact) mass is 343 g/mol. The van der Waals surface area contributed by atoms with Crippen molar-refractivity contribution in [2.45, 2.75) is 11.9 Å². The Morgan fingerprint density at radius 1 is 1.30 bits per heavy atom. The molecule has 2 heterocycles. The van der Waals surface area contributed by atoms with Gasteiger partial charge in [-0.25, -0.2) is 9.67 Å². The molecule has 1 aromatic carbocycles. The molecule has 6 nitrogen and oxygen atoms in total. The summed E-state index contributed by atoms with van der Waals surface area (Å²) in [6, 6.07) is 4.29. The first-order valence-electron chi connectivity index (χ1n) is 6.29. The quantitative estimate of drug-likeness (QED) is 0.877. The van der Waals surface area contributed by atoms with Gasteiger partial charge in [-0.05, 0) is 24.3 Å². The van der Waals surface area contributed by atoms with Crippen molar-refractivity contribution in [1.29, 1.82) is 0 Å². The summed E-state index contributed by atoms with van der Waals surface area (Å²) in [6.07, 6.45) is 0.149. The van der Waals surface area contributed by atoms with E-state index in [9.17, 15) is 18.3 Å². The molecule has 0 aliphatic carbocycles. The normalized spacial score (nSPS) is 20.6. The molecule has 2 N–H and O–H groups in total. The van der Waals surface area contributed by atoms with E-state index < -0.39 is 17.6 Å². The summed E-state index contributed by atoms with van der Waals surface area (Å²) in [5.74, 6) is 0. The number of nitrogens with zero attached hydrogens (tertiary/aromatic N) is 4. The van der Waals surface area contributed by atoms with Crippen LogP contribution in [0.25, 0.3) is 5.69 Å². The first-order valence-corrected chi connectivity index (χ1v) is 6.67. The van der Waals surface area contributed by atoms with Gasteiger partial charge in [0.05, 0.1) is 18.2 Å². The highest BCUT2D eigenvalue weighted by Gasteiger charge is 2.36. The molecule has 1 atom stereocenters.